The average molecular weight is 281 g/mol. The van der Waals surface area contributed by atoms with E-state index in [0.29, 0.717) is 31.4 Å². The van der Waals surface area contributed by atoms with Gasteiger partial charge in [0.25, 0.3) is 10.2 Å². The van der Waals surface area contributed by atoms with Gasteiger partial charge in [-0.2, -0.15) is 17.0 Å². The average Bonchev–Trinajstić information content (AvgIpc) is 3.10. The maximum Gasteiger partial charge on any atom is 0.282 e. The van der Waals surface area contributed by atoms with Gasteiger partial charge in [0.15, 0.2) is 0 Å². The van der Waals surface area contributed by atoms with Crippen LogP contribution in [0.25, 0.3) is 0 Å². The first kappa shape index (κ1) is 13.6. The van der Waals surface area contributed by atoms with Gasteiger partial charge in [-0.15, -0.1) is 11.6 Å². The topological polar surface area (TPSA) is 40.6 Å². The number of piperidine rings is 1. The summed E-state index contributed by atoms with van der Waals surface area (Å²) in [5.74, 6) is 1.02. The van der Waals surface area contributed by atoms with Gasteiger partial charge in [0.2, 0.25) is 0 Å². The van der Waals surface area contributed by atoms with Crippen LogP contribution in [0.15, 0.2) is 0 Å². The maximum atomic E-state index is 12.5. The molecule has 0 bridgehead atoms. The number of rotatable bonds is 5. The minimum absolute atomic E-state index is 0.207. The van der Waals surface area contributed by atoms with Gasteiger partial charge < -0.3 is 0 Å². The highest BCUT2D eigenvalue weighted by Crippen LogP contribution is 2.31. The number of hydrogen-bond acceptors (Lipinski definition) is 2. The molecule has 0 unspecified atom stereocenters. The fourth-order valence-corrected chi connectivity index (χ4v) is 4.46. The molecule has 0 aromatic carbocycles. The standard InChI is InChI=1S/C11H21ClN2O2S/c1-10-4-7-13(8-5-10)17(15,16)14(9-6-12)11-2-3-11/h10-11H,2-9H2,1H3. The third-order valence-corrected chi connectivity index (χ3v) is 5.88. The van der Waals surface area contributed by atoms with Crippen LogP contribution < -0.4 is 0 Å². The van der Waals surface area contributed by atoms with E-state index in [9.17, 15) is 8.42 Å². The van der Waals surface area contributed by atoms with Crippen LogP contribution in [-0.4, -0.2) is 48.6 Å². The van der Waals surface area contributed by atoms with Crippen molar-refractivity contribution in [3.63, 3.8) is 0 Å². The highest BCUT2D eigenvalue weighted by molar-refractivity contribution is 7.86. The second-order valence-electron chi connectivity index (χ2n) is 5.12. The van der Waals surface area contributed by atoms with E-state index in [-0.39, 0.29) is 6.04 Å². The summed E-state index contributed by atoms with van der Waals surface area (Å²) >= 11 is 5.71. The van der Waals surface area contributed by atoms with Crippen molar-refractivity contribution in [1.82, 2.24) is 8.61 Å². The SMILES string of the molecule is CC1CCN(S(=O)(=O)N(CCCl)C2CC2)CC1. The molecule has 0 radical (unpaired) electrons. The molecule has 1 aliphatic heterocycles. The van der Waals surface area contributed by atoms with Crippen molar-refractivity contribution in [2.75, 3.05) is 25.5 Å². The summed E-state index contributed by atoms with van der Waals surface area (Å²) in [6.07, 6.45) is 3.91. The first-order chi connectivity index (χ1) is 8.05. The van der Waals surface area contributed by atoms with Gasteiger partial charge in [-0.3, -0.25) is 0 Å². The zero-order valence-electron chi connectivity index (χ0n) is 10.3. The predicted octanol–water partition coefficient (Wildman–Crippen LogP) is 1.67. The lowest BCUT2D eigenvalue weighted by atomic mass is 10.0. The number of alkyl halides is 1. The van der Waals surface area contributed by atoms with Crippen LogP contribution in [0.5, 0.6) is 0 Å². The summed E-state index contributed by atoms with van der Waals surface area (Å²) in [6.45, 7) is 3.95. The Hall–Kier alpha value is 0.160. The summed E-state index contributed by atoms with van der Waals surface area (Å²) in [4.78, 5) is 0. The van der Waals surface area contributed by atoms with E-state index >= 15 is 0 Å². The molecule has 1 saturated heterocycles. The van der Waals surface area contributed by atoms with Crippen molar-refractivity contribution in [2.45, 2.75) is 38.6 Å². The lowest BCUT2D eigenvalue weighted by Gasteiger charge is -2.33. The van der Waals surface area contributed by atoms with Crippen molar-refractivity contribution >= 4 is 21.8 Å². The first-order valence-corrected chi connectivity index (χ1v) is 8.31. The fraction of sp³-hybridized carbons (Fsp3) is 1.00. The van der Waals surface area contributed by atoms with Gasteiger partial charge in [0.1, 0.15) is 0 Å². The molecular formula is C11H21ClN2O2S. The third-order valence-electron chi connectivity index (χ3n) is 3.62. The molecule has 1 aliphatic carbocycles. The molecule has 0 spiro atoms. The Morgan fingerprint density at radius 1 is 1.24 bits per heavy atom. The van der Waals surface area contributed by atoms with Crippen molar-refractivity contribution in [3.05, 3.63) is 0 Å². The summed E-state index contributed by atoms with van der Waals surface area (Å²) in [7, 11) is -3.26. The summed E-state index contributed by atoms with van der Waals surface area (Å²) < 4.78 is 28.2. The Balaban J connectivity index is 2.05. The van der Waals surface area contributed by atoms with Gasteiger partial charge in [0, 0.05) is 31.6 Å². The lowest BCUT2D eigenvalue weighted by molar-refractivity contribution is 0.264. The molecule has 1 heterocycles. The Bertz CT molecular complexity index is 348. The van der Waals surface area contributed by atoms with Crippen LogP contribution in [0.4, 0.5) is 0 Å². The molecule has 2 aliphatic rings. The van der Waals surface area contributed by atoms with Crippen LogP contribution in [0.1, 0.15) is 32.6 Å². The molecule has 2 rings (SSSR count). The predicted molar refractivity (Wildman–Crippen MR) is 69.3 cm³/mol. The van der Waals surface area contributed by atoms with Crippen LogP contribution in [0, 0.1) is 5.92 Å². The maximum absolute atomic E-state index is 12.5. The largest absolute Gasteiger partial charge is 0.282 e. The number of nitrogens with zero attached hydrogens (tertiary/aromatic N) is 2. The van der Waals surface area contributed by atoms with Gasteiger partial charge in [-0.1, -0.05) is 6.92 Å². The molecule has 1 saturated carbocycles. The van der Waals surface area contributed by atoms with Crippen molar-refractivity contribution in [2.24, 2.45) is 5.92 Å². The van der Waals surface area contributed by atoms with Gasteiger partial charge in [-0.05, 0) is 31.6 Å². The van der Waals surface area contributed by atoms with E-state index in [1.165, 1.54) is 0 Å². The highest BCUT2D eigenvalue weighted by Gasteiger charge is 2.40. The van der Waals surface area contributed by atoms with Crippen LogP contribution in [0.3, 0.4) is 0 Å². The first-order valence-electron chi connectivity index (χ1n) is 6.38. The van der Waals surface area contributed by atoms with E-state index < -0.39 is 10.2 Å². The summed E-state index contributed by atoms with van der Waals surface area (Å²) in [6, 6.07) is 0.207. The fourth-order valence-electron chi connectivity index (χ4n) is 2.30. The summed E-state index contributed by atoms with van der Waals surface area (Å²) in [5, 5.41) is 0. The molecule has 0 amide bonds. The molecule has 0 aromatic rings. The van der Waals surface area contributed by atoms with Gasteiger partial charge in [0.05, 0.1) is 0 Å². The molecule has 0 atom stereocenters. The van der Waals surface area contributed by atoms with Gasteiger partial charge >= 0.3 is 0 Å². The smallest absolute Gasteiger partial charge is 0.195 e. The van der Waals surface area contributed by atoms with E-state index in [1.54, 1.807) is 8.61 Å². The minimum atomic E-state index is -3.26. The lowest BCUT2D eigenvalue weighted by Crippen LogP contribution is -2.48. The highest BCUT2D eigenvalue weighted by atomic mass is 35.5. The van der Waals surface area contributed by atoms with Crippen LogP contribution in [-0.2, 0) is 10.2 Å². The Labute approximate surface area is 109 Å². The Morgan fingerprint density at radius 3 is 2.29 bits per heavy atom. The molecule has 4 nitrogen and oxygen atoms in total. The van der Waals surface area contributed by atoms with Crippen LogP contribution in [0.2, 0.25) is 0 Å². The molecule has 6 heteroatoms. The quantitative estimate of drug-likeness (QED) is 0.719. The number of hydrogen-bond donors (Lipinski definition) is 0. The Morgan fingerprint density at radius 2 is 1.82 bits per heavy atom. The normalized spacial score (nSPS) is 24.4. The van der Waals surface area contributed by atoms with E-state index in [0.717, 1.165) is 25.7 Å². The van der Waals surface area contributed by atoms with Gasteiger partial charge in [-0.25, -0.2) is 0 Å². The summed E-state index contributed by atoms with van der Waals surface area (Å²) in [5.41, 5.74) is 0. The van der Waals surface area contributed by atoms with E-state index in [2.05, 4.69) is 6.92 Å². The van der Waals surface area contributed by atoms with E-state index in [1.807, 2.05) is 0 Å². The molecule has 100 valence electrons. The monoisotopic (exact) mass is 280 g/mol. The zero-order valence-corrected chi connectivity index (χ0v) is 11.9. The minimum Gasteiger partial charge on any atom is -0.195 e. The van der Waals surface area contributed by atoms with Crippen molar-refractivity contribution < 1.29 is 8.42 Å². The third kappa shape index (κ3) is 3.13. The number of halogens is 1. The second kappa shape index (κ2) is 5.43. The second-order valence-corrected chi connectivity index (χ2v) is 7.38. The molecule has 17 heavy (non-hydrogen) atoms. The van der Waals surface area contributed by atoms with Crippen molar-refractivity contribution in [1.29, 1.82) is 0 Å². The Kier molecular flexibility index (Phi) is 4.34. The molecule has 0 N–H and O–H groups in total. The van der Waals surface area contributed by atoms with Crippen molar-refractivity contribution in [3.8, 4) is 0 Å². The zero-order chi connectivity index (χ0) is 12.5. The van der Waals surface area contributed by atoms with Crippen LogP contribution >= 0.6 is 11.6 Å². The van der Waals surface area contributed by atoms with E-state index in [4.69, 9.17) is 11.6 Å². The molecule has 0 aromatic heterocycles. The molecule has 2 fully saturated rings. The molecular weight excluding hydrogens is 260 g/mol.